The summed E-state index contributed by atoms with van der Waals surface area (Å²) in [4.78, 5) is 11.9. The second kappa shape index (κ2) is 7.71. The number of carbonyl (C=O) groups is 1. The molecule has 0 aliphatic heterocycles. The largest absolute Gasteiger partial charge is 0.352 e. The molecule has 0 aromatic heterocycles. The van der Waals surface area contributed by atoms with Crippen molar-refractivity contribution < 1.29 is 17.4 Å². The van der Waals surface area contributed by atoms with Crippen molar-refractivity contribution in [2.75, 3.05) is 12.8 Å². The molecule has 21 heavy (non-hydrogen) atoms. The van der Waals surface area contributed by atoms with Gasteiger partial charge in [0.1, 0.15) is 0 Å². The molecule has 0 fully saturated rings. The van der Waals surface area contributed by atoms with Crippen molar-refractivity contribution in [2.45, 2.75) is 23.5 Å². The van der Waals surface area contributed by atoms with Gasteiger partial charge in [-0.05, 0) is 40.5 Å². The molecule has 2 unspecified atom stereocenters. The molecule has 1 aromatic rings. The highest BCUT2D eigenvalue weighted by Crippen LogP contribution is 2.23. The first-order valence-corrected chi connectivity index (χ1v) is 10.7. The maximum atomic E-state index is 12.0. The summed E-state index contributed by atoms with van der Waals surface area (Å²) in [6.07, 6.45) is 2.18. The quantitative estimate of drug-likeness (QED) is 0.721. The van der Waals surface area contributed by atoms with Gasteiger partial charge in [0.05, 0.1) is 10.5 Å². The van der Waals surface area contributed by atoms with Gasteiger partial charge in [0, 0.05) is 44.0 Å². The molecular weight excluding hydrogens is 402 g/mol. The van der Waals surface area contributed by atoms with Crippen molar-refractivity contribution in [3.63, 3.8) is 0 Å². The van der Waals surface area contributed by atoms with E-state index in [4.69, 9.17) is 10.7 Å². The molecule has 0 aliphatic rings. The van der Waals surface area contributed by atoms with Crippen LogP contribution in [-0.2, 0) is 19.9 Å². The van der Waals surface area contributed by atoms with Crippen molar-refractivity contribution in [1.82, 2.24) is 5.32 Å². The SMILES string of the molecule is CC(CCNC(=O)c1cc(S(=O)(=O)Cl)ccc1Br)S(C)=O. The molecule has 118 valence electrons. The fourth-order valence-electron chi connectivity index (χ4n) is 1.48. The Morgan fingerprint density at radius 2 is 2.10 bits per heavy atom. The Morgan fingerprint density at radius 1 is 1.48 bits per heavy atom. The Bertz CT molecular complexity index is 663. The van der Waals surface area contributed by atoms with Gasteiger partial charge < -0.3 is 5.32 Å². The molecule has 0 radical (unpaired) electrons. The molecule has 0 aliphatic carbocycles. The lowest BCUT2D eigenvalue weighted by molar-refractivity contribution is 0.0952. The molecule has 0 spiro atoms. The molecule has 0 heterocycles. The smallest absolute Gasteiger partial charge is 0.261 e. The van der Waals surface area contributed by atoms with Crippen LogP contribution in [-0.4, -0.2) is 36.6 Å². The van der Waals surface area contributed by atoms with Crippen LogP contribution in [0.25, 0.3) is 0 Å². The number of hydrogen-bond donors (Lipinski definition) is 1. The van der Waals surface area contributed by atoms with Gasteiger partial charge in [-0.2, -0.15) is 0 Å². The number of benzene rings is 1. The molecule has 2 atom stereocenters. The van der Waals surface area contributed by atoms with Crippen LogP contribution in [0.3, 0.4) is 0 Å². The van der Waals surface area contributed by atoms with Crippen LogP contribution in [0, 0.1) is 0 Å². The summed E-state index contributed by atoms with van der Waals surface area (Å²) >= 11 is 3.19. The second-order valence-corrected chi connectivity index (χ2v) is 9.66. The Morgan fingerprint density at radius 3 is 2.62 bits per heavy atom. The topological polar surface area (TPSA) is 80.3 Å². The van der Waals surface area contributed by atoms with Crippen molar-refractivity contribution in [2.24, 2.45) is 0 Å². The van der Waals surface area contributed by atoms with E-state index in [9.17, 15) is 17.4 Å². The minimum atomic E-state index is -3.89. The predicted molar refractivity (Wildman–Crippen MR) is 87.7 cm³/mol. The number of nitrogens with one attached hydrogen (secondary N) is 1. The summed E-state index contributed by atoms with van der Waals surface area (Å²) < 4.78 is 34.2. The van der Waals surface area contributed by atoms with Gasteiger partial charge in [-0.1, -0.05) is 6.92 Å². The molecular formula is C12H15BrClNO4S2. The third kappa shape index (κ3) is 5.69. The van der Waals surface area contributed by atoms with Crippen LogP contribution in [0.2, 0.25) is 0 Å². The molecule has 1 aromatic carbocycles. The normalized spacial score (nSPS) is 14.5. The van der Waals surface area contributed by atoms with E-state index in [0.29, 0.717) is 17.4 Å². The predicted octanol–water partition coefficient (Wildman–Crippen LogP) is 2.26. The molecule has 9 heteroatoms. The van der Waals surface area contributed by atoms with Gasteiger partial charge in [-0.15, -0.1) is 0 Å². The number of hydrogen-bond acceptors (Lipinski definition) is 4. The molecule has 1 amide bonds. The van der Waals surface area contributed by atoms with Gasteiger partial charge in [0.15, 0.2) is 0 Å². The van der Waals surface area contributed by atoms with E-state index in [-0.39, 0.29) is 15.7 Å². The highest BCUT2D eigenvalue weighted by atomic mass is 79.9. The maximum absolute atomic E-state index is 12.0. The summed E-state index contributed by atoms with van der Waals surface area (Å²) in [7, 11) is 0.423. The van der Waals surface area contributed by atoms with E-state index in [1.807, 2.05) is 6.92 Å². The molecule has 0 bridgehead atoms. The zero-order valence-electron chi connectivity index (χ0n) is 11.4. The molecule has 0 saturated heterocycles. The van der Waals surface area contributed by atoms with Crippen molar-refractivity contribution >= 4 is 52.4 Å². The Balaban J connectivity index is 2.81. The fourth-order valence-corrected chi connectivity index (χ4v) is 3.13. The minimum absolute atomic E-state index is 0.0247. The first-order chi connectivity index (χ1) is 9.62. The van der Waals surface area contributed by atoms with E-state index in [0.717, 1.165) is 0 Å². The van der Waals surface area contributed by atoms with Gasteiger partial charge in [0.25, 0.3) is 15.0 Å². The zero-order chi connectivity index (χ0) is 16.2. The first-order valence-electron chi connectivity index (χ1n) is 5.97. The summed E-state index contributed by atoms with van der Waals surface area (Å²) in [5, 5.41) is 2.64. The van der Waals surface area contributed by atoms with Crippen molar-refractivity contribution in [1.29, 1.82) is 0 Å². The van der Waals surface area contributed by atoms with E-state index in [2.05, 4.69) is 21.2 Å². The summed E-state index contributed by atoms with van der Waals surface area (Å²) in [5.74, 6) is -0.418. The maximum Gasteiger partial charge on any atom is 0.261 e. The van der Waals surface area contributed by atoms with Gasteiger partial charge >= 0.3 is 0 Å². The summed E-state index contributed by atoms with van der Waals surface area (Å²) in [5.41, 5.74) is 0.182. The molecule has 1 rings (SSSR count). The van der Waals surface area contributed by atoms with Crippen LogP contribution in [0.4, 0.5) is 0 Å². The third-order valence-corrected chi connectivity index (χ3v) is 6.28. The van der Waals surface area contributed by atoms with E-state index in [1.54, 1.807) is 6.26 Å². The average molecular weight is 417 g/mol. The molecule has 1 N–H and O–H groups in total. The zero-order valence-corrected chi connectivity index (χ0v) is 15.4. The second-order valence-electron chi connectivity index (χ2n) is 4.43. The van der Waals surface area contributed by atoms with Crippen LogP contribution in [0.1, 0.15) is 23.7 Å². The first kappa shape index (κ1) is 18.6. The van der Waals surface area contributed by atoms with E-state index >= 15 is 0 Å². The lowest BCUT2D eigenvalue weighted by Gasteiger charge is -2.10. The summed E-state index contributed by atoms with van der Waals surface area (Å²) in [6, 6.07) is 3.97. The number of halogens is 2. The van der Waals surface area contributed by atoms with E-state index < -0.39 is 25.8 Å². The monoisotopic (exact) mass is 415 g/mol. The minimum Gasteiger partial charge on any atom is -0.352 e. The molecule has 5 nitrogen and oxygen atoms in total. The summed E-state index contributed by atoms with van der Waals surface area (Å²) in [6.45, 7) is 2.18. The van der Waals surface area contributed by atoms with E-state index in [1.165, 1.54) is 18.2 Å². The van der Waals surface area contributed by atoms with Crippen molar-refractivity contribution in [3.8, 4) is 0 Å². The highest BCUT2D eigenvalue weighted by Gasteiger charge is 2.16. The Kier molecular flexibility index (Phi) is 6.83. The van der Waals surface area contributed by atoms with Crippen LogP contribution in [0.15, 0.2) is 27.6 Å². The Labute approximate surface area is 139 Å². The third-order valence-electron chi connectivity index (χ3n) is 2.87. The Hall–Kier alpha value is -0.440. The van der Waals surface area contributed by atoms with Crippen LogP contribution < -0.4 is 5.32 Å². The lowest BCUT2D eigenvalue weighted by atomic mass is 10.2. The van der Waals surface area contributed by atoms with Crippen LogP contribution in [0.5, 0.6) is 0 Å². The van der Waals surface area contributed by atoms with Crippen LogP contribution >= 0.6 is 26.6 Å². The van der Waals surface area contributed by atoms with Crippen molar-refractivity contribution in [3.05, 3.63) is 28.2 Å². The fraction of sp³-hybridized carbons (Fsp3) is 0.417. The number of amides is 1. The standard InChI is InChI=1S/C12H15BrClNO4S2/c1-8(20(2)17)5-6-15-12(16)10-7-9(21(14,18)19)3-4-11(10)13/h3-4,7-8H,5-6H2,1-2H3,(H,15,16). The lowest BCUT2D eigenvalue weighted by Crippen LogP contribution is -2.27. The van der Waals surface area contributed by atoms with Gasteiger partial charge in [-0.25, -0.2) is 8.42 Å². The highest BCUT2D eigenvalue weighted by molar-refractivity contribution is 9.10. The number of carbonyl (C=O) groups excluding carboxylic acids is 1. The molecule has 0 saturated carbocycles. The van der Waals surface area contributed by atoms with Gasteiger partial charge in [-0.3, -0.25) is 9.00 Å². The number of rotatable bonds is 6. The average Bonchev–Trinajstić information content (AvgIpc) is 2.37. The van der Waals surface area contributed by atoms with Gasteiger partial charge in [0.2, 0.25) is 0 Å².